The zero-order valence-electron chi connectivity index (χ0n) is 15.6. The van der Waals surface area contributed by atoms with Crippen LogP contribution in [0, 0.1) is 24.5 Å². The van der Waals surface area contributed by atoms with Gasteiger partial charge in [0.15, 0.2) is 11.6 Å². The van der Waals surface area contributed by atoms with Crippen molar-refractivity contribution >= 4 is 17.2 Å². The first-order valence-corrected chi connectivity index (χ1v) is 9.60. The molecule has 1 aliphatic rings. The van der Waals surface area contributed by atoms with E-state index in [0.717, 1.165) is 31.4 Å². The Morgan fingerprint density at radius 3 is 2.70 bits per heavy atom. The van der Waals surface area contributed by atoms with E-state index in [1.165, 1.54) is 22.8 Å². The van der Waals surface area contributed by atoms with Crippen molar-refractivity contribution in [3.63, 3.8) is 0 Å². The molecular formula is C21H25F2N3S. The molecule has 0 bridgehead atoms. The van der Waals surface area contributed by atoms with Gasteiger partial charge in [0.05, 0.1) is 6.04 Å². The number of hydrazine groups is 1. The van der Waals surface area contributed by atoms with Crippen LogP contribution in [-0.2, 0) is 6.42 Å². The van der Waals surface area contributed by atoms with Crippen molar-refractivity contribution in [1.82, 2.24) is 10.4 Å². The first-order valence-electron chi connectivity index (χ1n) is 9.19. The molecule has 0 saturated heterocycles. The second-order valence-electron chi connectivity index (χ2n) is 7.20. The zero-order chi connectivity index (χ0) is 19.6. The fourth-order valence-electron chi connectivity index (χ4n) is 3.94. The summed E-state index contributed by atoms with van der Waals surface area (Å²) in [4.78, 5) is 0.364. The highest BCUT2D eigenvalue weighted by Gasteiger charge is 2.32. The molecule has 0 heterocycles. The number of nitrogens with two attached hydrogens (primary N) is 1. The largest absolute Gasteiger partial charge is 0.330 e. The molecule has 0 aliphatic heterocycles. The van der Waals surface area contributed by atoms with Crippen LogP contribution >= 0.6 is 12.2 Å². The number of hydrogen-bond acceptors (Lipinski definition) is 3. The molecular weight excluding hydrogens is 364 g/mol. The molecule has 0 saturated carbocycles. The minimum absolute atomic E-state index is 0.112. The van der Waals surface area contributed by atoms with Gasteiger partial charge >= 0.3 is 0 Å². The van der Waals surface area contributed by atoms with E-state index >= 15 is 0 Å². The van der Waals surface area contributed by atoms with Gasteiger partial charge in [-0.1, -0.05) is 36.0 Å². The summed E-state index contributed by atoms with van der Waals surface area (Å²) >= 11 is 5.43. The average Bonchev–Trinajstić information content (AvgIpc) is 2.63. The number of nitrogens with one attached hydrogen (secondary N) is 1. The van der Waals surface area contributed by atoms with Crippen LogP contribution in [0.3, 0.4) is 0 Å². The Labute approximate surface area is 164 Å². The van der Waals surface area contributed by atoms with Crippen LogP contribution < -0.4 is 11.2 Å². The molecule has 27 heavy (non-hydrogen) atoms. The maximum atomic E-state index is 13.5. The quantitative estimate of drug-likeness (QED) is 0.598. The summed E-state index contributed by atoms with van der Waals surface area (Å²) in [5, 5.41) is 1.99. The second-order valence-corrected chi connectivity index (χ2v) is 7.61. The summed E-state index contributed by atoms with van der Waals surface area (Å²) in [5.74, 6) is -1.39. The summed E-state index contributed by atoms with van der Waals surface area (Å²) in [6, 6.07) is 10.4. The highest BCUT2D eigenvalue weighted by atomic mass is 32.1. The van der Waals surface area contributed by atoms with Crippen LogP contribution in [0.2, 0.25) is 0 Å². The smallest absolute Gasteiger partial charge is 0.159 e. The van der Waals surface area contributed by atoms with E-state index in [1.807, 2.05) is 12.1 Å². The summed E-state index contributed by atoms with van der Waals surface area (Å²) in [6.45, 7) is 2.72. The fraction of sp³-hybridized carbons (Fsp3) is 0.381. The molecule has 0 amide bonds. The second kappa shape index (κ2) is 8.42. The van der Waals surface area contributed by atoms with Gasteiger partial charge in [-0.25, -0.2) is 13.8 Å². The van der Waals surface area contributed by atoms with E-state index in [0.29, 0.717) is 23.0 Å². The minimum Gasteiger partial charge on any atom is -0.330 e. The molecule has 2 aromatic rings. The van der Waals surface area contributed by atoms with E-state index in [1.54, 1.807) is 0 Å². The molecule has 0 spiro atoms. The Morgan fingerprint density at radius 1 is 1.22 bits per heavy atom. The maximum absolute atomic E-state index is 13.5. The highest BCUT2D eigenvalue weighted by Crippen LogP contribution is 2.39. The van der Waals surface area contributed by atoms with Gasteiger partial charge in [-0.3, -0.25) is 0 Å². The number of fused-ring (bicyclic) bond motifs is 1. The van der Waals surface area contributed by atoms with Crippen LogP contribution in [0.5, 0.6) is 0 Å². The van der Waals surface area contributed by atoms with Gasteiger partial charge in [0, 0.05) is 12.6 Å². The number of benzene rings is 2. The van der Waals surface area contributed by atoms with Crippen molar-refractivity contribution in [3.8, 4) is 0 Å². The summed E-state index contributed by atoms with van der Waals surface area (Å²) in [6.07, 6.45) is 3.02. The van der Waals surface area contributed by atoms with E-state index in [9.17, 15) is 8.78 Å². The van der Waals surface area contributed by atoms with Crippen LogP contribution in [-0.4, -0.2) is 23.6 Å². The molecule has 6 heteroatoms. The topological polar surface area (TPSA) is 41.3 Å². The van der Waals surface area contributed by atoms with Crippen molar-refractivity contribution in [3.05, 3.63) is 70.3 Å². The molecule has 144 valence electrons. The number of rotatable bonds is 5. The molecule has 1 aliphatic carbocycles. The summed E-state index contributed by atoms with van der Waals surface area (Å²) < 4.78 is 26.7. The molecule has 0 radical (unpaired) electrons. The van der Waals surface area contributed by atoms with Crippen molar-refractivity contribution in [2.45, 2.75) is 32.2 Å². The SMILES string of the molecule is Cc1ccc2c(c1)C(N(C)NC(=S)c1ccc(F)c(F)c1)C(CCN)CC2. The predicted molar refractivity (Wildman–Crippen MR) is 108 cm³/mol. The van der Waals surface area contributed by atoms with E-state index in [-0.39, 0.29) is 6.04 Å². The van der Waals surface area contributed by atoms with Crippen LogP contribution in [0.1, 0.15) is 41.1 Å². The van der Waals surface area contributed by atoms with Gasteiger partial charge < -0.3 is 11.2 Å². The van der Waals surface area contributed by atoms with Gasteiger partial charge in [-0.2, -0.15) is 0 Å². The number of halogens is 2. The normalized spacial score (nSPS) is 19.0. The van der Waals surface area contributed by atoms with Crippen molar-refractivity contribution in [2.24, 2.45) is 11.7 Å². The van der Waals surface area contributed by atoms with Gasteiger partial charge in [-0.05, 0) is 68.0 Å². The number of thiocarbonyl (C=S) groups is 1. The summed E-state index contributed by atoms with van der Waals surface area (Å²) in [5.41, 5.74) is 13.3. The standard InChI is InChI=1S/C21H25F2N3S/c1-13-3-4-14-5-6-15(9-10-24)20(17(14)11-13)26(2)25-21(27)16-7-8-18(22)19(23)12-16/h3-4,7-8,11-12,15,20H,5-6,9-10,24H2,1-2H3,(H,25,27). The third-order valence-corrected chi connectivity index (χ3v) is 5.59. The maximum Gasteiger partial charge on any atom is 0.159 e. The first kappa shape index (κ1) is 19.9. The van der Waals surface area contributed by atoms with E-state index in [2.05, 4.69) is 30.5 Å². The van der Waals surface area contributed by atoms with Gasteiger partial charge in [-0.15, -0.1) is 0 Å². The third-order valence-electron chi connectivity index (χ3n) is 5.27. The molecule has 3 rings (SSSR count). The number of aryl methyl sites for hydroxylation is 2. The molecule has 2 aromatic carbocycles. The van der Waals surface area contributed by atoms with E-state index in [4.69, 9.17) is 18.0 Å². The molecule has 0 fully saturated rings. The van der Waals surface area contributed by atoms with Crippen molar-refractivity contribution in [2.75, 3.05) is 13.6 Å². The molecule has 3 nitrogen and oxygen atoms in total. The molecule has 2 unspecified atom stereocenters. The lowest BCUT2D eigenvalue weighted by Gasteiger charge is -2.40. The Balaban J connectivity index is 1.86. The monoisotopic (exact) mass is 389 g/mol. The Bertz CT molecular complexity index is 840. The third kappa shape index (κ3) is 4.34. The lowest BCUT2D eigenvalue weighted by atomic mass is 9.77. The lowest BCUT2D eigenvalue weighted by Crippen LogP contribution is -2.45. The molecule has 2 atom stereocenters. The highest BCUT2D eigenvalue weighted by molar-refractivity contribution is 7.80. The Kier molecular flexibility index (Phi) is 6.19. The van der Waals surface area contributed by atoms with Gasteiger partial charge in [0.1, 0.15) is 4.99 Å². The first-order chi connectivity index (χ1) is 12.9. The number of nitrogens with zero attached hydrogens (tertiary/aromatic N) is 1. The summed E-state index contributed by atoms with van der Waals surface area (Å²) in [7, 11) is 1.94. The van der Waals surface area contributed by atoms with Crippen LogP contribution in [0.15, 0.2) is 36.4 Å². The van der Waals surface area contributed by atoms with Crippen molar-refractivity contribution in [1.29, 1.82) is 0 Å². The zero-order valence-corrected chi connectivity index (χ0v) is 16.5. The Morgan fingerprint density at radius 2 is 2.00 bits per heavy atom. The fourth-order valence-corrected chi connectivity index (χ4v) is 4.21. The molecule has 3 N–H and O–H groups in total. The molecule has 0 aromatic heterocycles. The minimum atomic E-state index is -0.904. The lowest BCUT2D eigenvalue weighted by molar-refractivity contribution is 0.127. The Hall–Kier alpha value is -1.89. The average molecular weight is 390 g/mol. The predicted octanol–water partition coefficient (Wildman–Crippen LogP) is 4.04. The number of hydrogen-bond donors (Lipinski definition) is 2. The van der Waals surface area contributed by atoms with Gasteiger partial charge in [0.2, 0.25) is 0 Å². The van der Waals surface area contributed by atoms with Crippen molar-refractivity contribution < 1.29 is 8.78 Å². The van der Waals surface area contributed by atoms with Crippen LogP contribution in [0.25, 0.3) is 0 Å². The van der Waals surface area contributed by atoms with Gasteiger partial charge in [0.25, 0.3) is 0 Å². The van der Waals surface area contributed by atoms with Crippen LogP contribution in [0.4, 0.5) is 8.78 Å². The van der Waals surface area contributed by atoms with E-state index < -0.39 is 11.6 Å².